The number of para-hydroxylation sites is 1. The van der Waals surface area contributed by atoms with Gasteiger partial charge in [-0.05, 0) is 43.0 Å². The van der Waals surface area contributed by atoms with Gasteiger partial charge in [0, 0.05) is 32.0 Å². The monoisotopic (exact) mass is 403 g/mol. The molecule has 2 heterocycles. The summed E-state index contributed by atoms with van der Waals surface area (Å²) in [5.74, 6) is 0.166. The van der Waals surface area contributed by atoms with Crippen molar-refractivity contribution in [2.45, 2.75) is 31.2 Å². The normalized spacial score (nSPS) is 16.1. The Balaban J connectivity index is 1.83. The smallest absolute Gasteiger partial charge is 0.271 e. The highest BCUT2D eigenvalue weighted by Crippen LogP contribution is 2.21. The highest BCUT2D eigenvalue weighted by molar-refractivity contribution is 7.89. The van der Waals surface area contributed by atoms with E-state index in [0.717, 1.165) is 17.4 Å². The molecule has 150 valence electrons. The molecule has 3 rings (SSSR count). The SMILES string of the molecule is CC1CCN(S(=O)(=O)c2cccn(CC(=O)N(C)c3ccccc3)c2=O)CC1. The maximum Gasteiger partial charge on any atom is 0.271 e. The van der Waals surface area contributed by atoms with Crippen LogP contribution >= 0.6 is 0 Å². The third-order valence-electron chi connectivity index (χ3n) is 5.17. The fourth-order valence-electron chi connectivity index (χ4n) is 3.25. The van der Waals surface area contributed by atoms with Gasteiger partial charge in [-0.3, -0.25) is 9.59 Å². The van der Waals surface area contributed by atoms with E-state index in [-0.39, 0.29) is 17.3 Å². The summed E-state index contributed by atoms with van der Waals surface area (Å²) in [4.78, 5) is 26.5. The molecule has 1 aliphatic rings. The van der Waals surface area contributed by atoms with Crippen LogP contribution in [0.25, 0.3) is 0 Å². The molecule has 28 heavy (non-hydrogen) atoms. The third-order valence-corrected chi connectivity index (χ3v) is 7.08. The molecule has 1 fully saturated rings. The van der Waals surface area contributed by atoms with Crippen LogP contribution in [0.3, 0.4) is 0 Å². The Bertz CT molecular complexity index is 994. The van der Waals surface area contributed by atoms with Gasteiger partial charge in [0.15, 0.2) is 0 Å². The lowest BCUT2D eigenvalue weighted by Crippen LogP contribution is -2.41. The Morgan fingerprint density at radius 2 is 1.75 bits per heavy atom. The Labute approximate surface area is 165 Å². The predicted octanol–water partition coefficient (Wildman–Crippen LogP) is 1.93. The van der Waals surface area contributed by atoms with E-state index in [9.17, 15) is 18.0 Å². The third kappa shape index (κ3) is 4.18. The molecule has 8 heteroatoms. The molecule has 1 saturated heterocycles. The molecule has 0 aliphatic carbocycles. The van der Waals surface area contributed by atoms with Crippen molar-refractivity contribution in [1.29, 1.82) is 0 Å². The van der Waals surface area contributed by atoms with E-state index in [1.54, 1.807) is 19.2 Å². The van der Waals surface area contributed by atoms with E-state index >= 15 is 0 Å². The minimum Gasteiger partial charge on any atom is -0.314 e. The molecule has 0 spiro atoms. The Kier molecular flexibility index (Phi) is 6.00. The second-order valence-electron chi connectivity index (χ2n) is 7.18. The van der Waals surface area contributed by atoms with Gasteiger partial charge in [0.25, 0.3) is 5.56 Å². The summed E-state index contributed by atoms with van der Waals surface area (Å²) >= 11 is 0. The first-order valence-electron chi connectivity index (χ1n) is 9.32. The predicted molar refractivity (Wildman–Crippen MR) is 108 cm³/mol. The summed E-state index contributed by atoms with van der Waals surface area (Å²) in [6.45, 7) is 2.68. The summed E-state index contributed by atoms with van der Waals surface area (Å²) in [7, 11) is -2.25. The number of benzene rings is 1. The minimum atomic E-state index is -3.87. The van der Waals surface area contributed by atoms with Crippen LogP contribution in [0.2, 0.25) is 0 Å². The zero-order valence-electron chi connectivity index (χ0n) is 16.1. The number of aromatic nitrogens is 1. The zero-order chi connectivity index (χ0) is 20.3. The van der Waals surface area contributed by atoms with Gasteiger partial charge in [-0.2, -0.15) is 4.31 Å². The minimum absolute atomic E-state index is 0.232. The summed E-state index contributed by atoms with van der Waals surface area (Å²) in [5.41, 5.74) is 0.0303. The maximum absolute atomic E-state index is 12.9. The number of carbonyl (C=O) groups excluding carboxylic acids is 1. The lowest BCUT2D eigenvalue weighted by Gasteiger charge is -2.29. The average Bonchev–Trinajstić information content (AvgIpc) is 2.69. The number of amides is 1. The number of carbonyl (C=O) groups is 1. The quantitative estimate of drug-likeness (QED) is 0.764. The molecule has 1 aromatic carbocycles. The lowest BCUT2D eigenvalue weighted by molar-refractivity contribution is -0.118. The molecule has 2 aromatic rings. The number of likely N-dealkylation sites (N-methyl/N-ethyl adjacent to an activating group) is 1. The molecule has 0 radical (unpaired) electrons. The summed E-state index contributed by atoms with van der Waals surface area (Å²) in [6, 6.07) is 11.9. The zero-order valence-corrected chi connectivity index (χ0v) is 16.9. The van der Waals surface area contributed by atoms with Gasteiger partial charge in [-0.1, -0.05) is 25.1 Å². The molecule has 0 atom stereocenters. The van der Waals surface area contributed by atoms with Crippen molar-refractivity contribution < 1.29 is 13.2 Å². The largest absolute Gasteiger partial charge is 0.314 e. The van der Waals surface area contributed by atoms with Crippen LogP contribution in [0.1, 0.15) is 19.8 Å². The van der Waals surface area contributed by atoms with Crippen molar-refractivity contribution >= 4 is 21.6 Å². The van der Waals surface area contributed by atoms with Gasteiger partial charge in [-0.15, -0.1) is 0 Å². The molecular weight excluding hydrogens is 378 g/mol. The van der Waals surface area contributed by atoms with Crippen molar-refractivity contribution in [2.75, 3.05) is 25.0 Å². The van der Waals surface area contributed by atoms with Crippen molar-refractivity contribution in [1.82, 2.24) is 8.87 Å². The average molecular weight is 404 g/mol. The first-order chi connectivity index (χ1) is 13.3. The number of sulfonamides is 1. The molecule has 0 N–H and O–H groups in total. The highest BCUT2D eigenvalue weighted by Gasteiger charge is 2.30. The topological polar surface area (TPSA) is 79.7 Å². The lowest BCUT2D eigenvalue weighted by atomic mass is 10.0. The van der Waals surface area contributed by atoms with Crippen molar-refractivity contribution in [3.63, 3.8) is 0 Å². The highest BCUT2D eigenvalue weighted by atomic mass is 32.2. The second kappa shape index (κ2) is 8.28. The summed E-state index contributed by atoms with van der Waals surface area (Å²) < 4.78 is 28.4. The van der Waals surface area contributed by atoms with E-state index in [1.165, 1.54) is 27.5 Å². The van der Waals surface area contributed by atoms with Crippen molar-refractivity contribution in [3.8, 4) is 0 Å². The number of piperidine rings is 1. The van der Waals surface area contributed by atoms with E-state index < -0.39 is 15.6 Å². The van der Waals surface area contributed by atoms with E-state index in [1.807, 2.05) is 18.2 Å². The molecule has 0 bridgehead atoms. The summed E-state index contributed by atoms with van der Waals surface area (Å²) in [6.07, 6.45) is 3.00. The summed E-state index contributed by atoms with van der Waals surface area (Å²) in [5, 5.41) is 0. The number of rotatable bonds is 5. The molecule has 0 saturated carbocycles. The number of nitrogens with zero attached hydrogens (tertiary/aromatic N) is 3. The van der Waals surface area contributed by atoms with E-state index in [0.29, 0.717) is 24.7 Å². The number of anilines is 1. The van der Waals surface area contributed by atoms with E-state index in [2.05, 4.69) is 6.92 Å². The van der Waals surface area contributed by atoms with Crippen LogP contribution in [0.15, 0.2) is 58.4 Å². The van der Waals surface area contributed by atoms with Crippen LogP contribution < -0.4 is 10.5 Å². The molecule has 1 aromatic heterocycles. The van der Waals surface area contributed by atoms with Gasteiger partial charge >= 0.3 is 0 Å². The number of hydrogen-bond acceptors (Lipinski definition) is 4. The first-order valence-corrected chi connectivity index (χ1v) is 10.8. The second-order valence-corrected chi connectivity index (χ2v) is 9.09. The molecule has 1 aliphatic heterocycles. The fourth-order valence-corrected chi connectivity index (χ4v) is 4.81. The van der Waals surface area contributed by atoms with E-state index in [4.69, 9.17) is 0 Å². The molecule has 0 unspecified atom stereocenters. The molecule has 1 amide bonds. The van der Waals surface area contributed by atoms with Crippen LogP contribution in [0, 0.1) is 5.92 Å². The Morgan fingerprint density at radius 1 is 1.11 bits per heavy atom. The van der Waals surface area contributed by atoms with Crippen molar-refractivity contribution in [2.24, 2.45) is 5.92 Å². The van der Waals surface area contributed by atoms with Gasteiger partial charge in [0.2, 0.25) is 15.9 Å². The Hall–Kier alpha value is -2.45. The number of pyridine rings is 1. The van der Waals surface area contributed by atoms with Crippen molar-refractivity contribution in [3.05, 3.63) is 59.0 Å². The fraction of sp³-hybridized carbons (Fsp3) is 0.400. The van der Waals surface area contributed by atoms with Crippen LogP contribution in [0.5, 0.6) is 0 Å². The number of hydrogen-bond donors (Lipinski definition) is 0. The van der Waals surface area contributed by atoms with Gasteiger partial charge in [0.1, 0.15) is 11.4 Å². The van der Waals surface area contributed by atoms with Gasteiger partial charge < -0.3 is 9.47 Å². The Morgan fingerprint density at radius 3 is 2.39 bits per heavy atom. The standard InChI is InChI=1S/C20H25N3O4S/c1-16-10-13-23(14-11-16)28(26,27)18-9-6-12-22(20(18)25)15-19(24)21(2)17-7-4-3-5-8-17/h3-9,12,16H,10-11,13-15H2,1-2H3. The first kappa shape index (κ1) is 20.3. The molecule has 7 nitrogen and oxygen atoms in total. The molecular formula is C20H25N3O4S. The van der Waals surface area contributed by atoms with Gasteiger partial charge in [0.05, 0.1) is 0 Å². The maximum atomic E-state index is 12.9. The van der Waals surface area contributed by atoms with Crippen LogP contribution in [0.4, 0.5) is 5.69 Å². The van der Waals surface area contributed by atoms with Crippen LogP contribution in [-0.4, -0.2) is 43.3 Å². The van der Waals surface area contributed by atoms with Gasteiger partial charge in [-0.25, -0.2) is 8.42 Å². The van der Waals surface area contributed by atoms with Crippen LogP contribution in [-0.2, 0) is 21.4 Å².